The van der Waals surface area contributed by atoms with Gasteiger partial charge in [0.25, 0.3) is 0 Å². The highest BCUT2D eigenvalue weighted by Gasteiger charge is 2.00. The molecule has 0 amide bonds. The number of aromatic hydroxyl groups is 2. The molecule has 0 bridgehead atoms. The Labute approximate surface area is 121 Å². The summed E-state index contributed by atoms with van der Waals surface area (Å²) < 4.78 is 0. The predicted molar refractivity (Wildman–Crippen MR) is 84.6 cm³/mol. The van der Waals surface area contributed by atoms with Crippen molar-refractivity contribution in [1.29, 1.82) is 0 Å². The minimum Gasteiger partial charge on any atom is -0.508 e. The number of benzene rings is 2. The first kappa shape index (κ1) is 16.1. The lowest BCUT2D eigenvalue weighted by Crippen LogP contribution is -1.85. The summed E-state index contributed by atoms with van der Waals surface area (Å²) in [4.78, 5) is 0. The van der Waals surface area contributed by atoms with Crippen LogP contribution in [0, 0.1) is 41.5 Å². The number of phenolic OH excluding ortho intramolecular Hbond substituents is 2. The van der Waals surface area contributed by atoms with Crippen LogP contribution in [0.15, 0.2) is 24.3 Å². The van der Waals surface area contributed by atoms with E-state index < -0.39 is 0 Å². The zero-order valence-corrected chi connectivity index (χ0v) is 13.2. The van der Waals surface area contributed by atoms with E-state index in [9.17, 15) is 10.2 Å². The minimum atomic E-state index is 0.392. The van der Waals surface area contributed by atoms with Crippen molar-refractivity contribution in [3.63, 3.8) is 0 Å². The van der Waals surface area contributed by atoms with Gasteiger partial charge in [-0.15, -0.1) is 0 Å². The summed E-state index contributed by atoms with van der Waals surface area (Å²) in [6, 6.07) is 7.32. The molecule has 2 nitrogen and oxygen atoms in total. The van der Waals surface area contributed by atoms with Gasteiger partial charge < -0.3 is 10.2 Å². The van der Waals surface area contributed by atoms with E-state index >= 15 is 0 Å². The molecular weight excluding hydrogens is 248 g/mol. The molecule has 0 aliphatic rings. The summed E-state index contributed by atoms with van der Waals surface area (Å²) in [7, 11) is 0. The number of phenols is 2. The fourth-order valence-corrected chi connectivity index (χ4v) is 1.88. The Hall–Kier alpha value is -1.96. The first-order valence-corrected chi connectivity index (χ1v) is 6.77. The molecule has 108 valence electrons. The molecule has 0 fully saturated rings. The Morgan fingerprint density at radius 1 is 0.500 bits per heavy atom. The molecule has 2 aromatic rings. The van der Waals surface area contributed by atoms with Gasteiger partial charge in [0.2, 0.25) is 0 Å². The summed E-state index contributed by atoms with van der Waals surface area (Å²) in [5, 5.41) is 18.4. The molecular formula is C18H24O2. The van der Waals surface area contributed by atoms with Crippen LogP contribution in [0.3, 0.4) is 0 Å². The Bertz CT molecular complexity index is 504. The van der Waals surface area contributed by atoms with E-state index in [-0.39, 0.29) is 0 Å². The Kier molecular flexibility index (Phi) is 5.20. The van der Waals surface area contributed by atoms with Crippen LogP contribution in [0.2, 0.25) is 0 Å². The molecule has 20 heavy (non-hydrogen) atoms. The average molecular weight is 272 g/mol. The van der Waals surface area contributed by atoms with Gasteiger partial charge in [0.05, 0.1) is 0 Å². The summed E-state index contributed by atoms with van der Waals surface area (Å²) in [5.41, 5.74) is 6.80. The van der Waals surface area contributed by atoms with Crippen LogP contribution >= 0.6 is 0 Å². The fraction of sp³-hybridized carbons (Fsp3) is 0.333. The Morgan fingerprint density at radius 3 is 1.05 bits per heavy atom. The monoisotopic (exact) mass is 272 g/mol. The van der Waals surface area contributed by atoms with Gasteiger partial charge in [0.15, 0.2) is 0 Å². The van der Waals surface area contributed by atoms with Gasteiger partial charge >= 0.3 is 0 Å². The maximum Gasteiger partial charge on any atom is 0.118 e. The fourth-order valence-electron chi connectivity index (χ4n) is 1.88. The van der Waals surface area contributed by atoms with Gasteiger partial charge in [0.1, 0.15) is 11.5 Å². The molecule has 0 unspecified atom stereocenters. The van der Waals surface area contributed by atoms with Gasteiger partial charge in [-0.25, -0.2) is 0 Å². The van der Waals surface area contributed by atoms with Crippen molar-refractivity contribution in [3.8, 4) is 11.5 Å². The zero-order chi connectivity index (χ0) is 15.4. The van der Waals surface area contributed by atoms with E-state index in [4.69, 9.17) is 0 Å². The van der Waals surface area contributed by atoms with Crippen LogP contribution < -0.4 is 0 Å². The lowest BCUT2D eigenvalue weighted by molar-refractivity contribution is 0.470. The number of aryl methyl sites for hydroxylation is 2. The van der Waals surface area contributed by atoms with Crippen LogP contribution in [0.5, 0.6) is 11.5 Å². The van der Waals surface area contributed by atoms with Crippen molar-refractivity contribution in [1.82, 2.24) is 0 Å². The molecule has 0 aliphatic heterocycles. The highest BCUT2D eigenvalue weighted by Crippen LogP contribution is 2.22. The second-order valence-electron chi connectivity index (χ2n) is 5.30. The highest BCUT2D eigenvalue weighted by atomic mass is 16.3. The lowest BCUT2D eigenvalue weighted by atomic mass is 10.0. The molecule has 2 rings (SSSR count). The minimum absolute atomic E-state index is 0.392. The van der Waals surface area contributed by atoms with E-state index in [2.05, 4.69) is 0 Å². The van der Waals surface area contributed by atoms with Crippen molar-refractivity contribution in [2.45, 2.75) is 41.5 Å². The topological polar surface area (TPSA) is 40.5 Å². The molecule has 0 heterocycles. The predicted octanol–water partition coefficient (Wildman–Crippen LogP) is 4.63. The van der Waals surface area contributed by atoms with Crippen molar-refractivity contribution in [2.75, 3.05) is 0 Å². The third kappa shape index (κ3) is 3.53. The normalized spacial score (nSPS) is 9.90. The van der Waals surface area contributed by atoms with E-state index in [1.54, 1.807) is 12.1 Å². The third-order valence-corrected chi connectivity index (χ3v) is 4.06. The lowest BCUT2D eigenvalue weighted by Gasteiger charge is -2.04. The van der Waals surface area contributed by atoms with Crippen molar-refractivity contribution in [2.24, 2.45) is 0 Å². The van der Waals surface area contributed by atoms with E-state index in [1.807, 2.05) is 53.7 Å². The molecule has 0 radical (unpaired) electrons. The largest absolute Gasteiger partial charge is 0.508 e. The zero-order valence-electron chi connectivity index (χ0n) is 13.2. The van der Waals surface area contributed by atoms with Crippen molar-refractivity contribution >= 4 is 0 Å². The molecule has 2 N–H and O–H groups in total. The molecule has 0 aromatic heterocycles. The standard InChI is InChI=1S/2C9H12O/c2*1-6-4-5-9(10)8(3)7(6)2/h2*4-5,10H,1-3H3. The maximum atomic E-state index is 9.22. The molecule has 0 saturated heterocycles. The number of hydrogen-bond acceptors (Lipinski definition) is 2. The summed E-state index contributed by atoms with van der Waals surface area (Å²) in [6.07, 6.45) is 0. The van der Waals surface area contributed by atoms with Crippen LogP contribution in [0.4, 0.5) is 0 Å². The maximum absolute atomic E-state index is 9.22. The third-order valence-electron chi connectivity index (χ3n) is 4.06. The molecule has 0 atom stereocenters. The van der Waals surface area contributed by atoms with Crippen LogP contribution in [-0.4, -0.2) is 10.2 Å². The summed E-state index contributed by atoms with van der Waals surface area (Å²) in [5.74, 6) is 0.784. The van der Waals surface area contributed by atoms with Gasteiger partial charge in [-0.3, -0.25) is 0 Å². The second-order valence-corrected chi connectivity index (χ2v) is 5.30. The Morgan fingerprint density at radius 2 is 0.800 bits per heavy atom. The highest BCUT2D eigenvalue weighted by molar-refractivity contribution is 5.42. The molecule has 0 spiro atoms. The molecule has 2 aromatic carbocycles. The molecule has 2 heteroatoms. The number of hydrogen-bond donors (Lipinski definition) is 2. The quantitative estimate of drug-likeness (QED) is 0.733. The van der Waals surface area contributed by atoms with E-state index in [0.717, 1.165) is 11.1 Å². The van der Waals surface area contributed by atoms with E-state index in [0.29, 0.717) is 11.5 Å². The SMILES string of the molecule is Cc1ccc(O)c(C)c1C.Cc1ccc(O)c(C)c1C. The van der Waals surface area contributed by atoms with Gasteiger partial charge in [-0.05, 0) is 87.1 Å². The van der Waals surface area contributed by atoms with Crippen LogP contribution in [0.25, 0.3) is 0 Å². The van der Waals surface area contributed by atoms with Gasteiger partial charge in [-0.2, -0.15) is 0 Å². The van der Waals surface area contributed by atoms with Crippen LogP contribution in [-0.2, 0) is 0 Å². The van der Waals surface area contributed by atoms with Crippen LogP contribution in [0.1, 0.15) is 33.4 Å². The first-order chi connectivity index (χ1) is 9.25. The average Bonchev–Trinajstić information content (AvgIpc) is 2.43. The summed E-state index contributed by atoms with van der Waals surface area (Å²) in [6.45, 7) is 12.0. The molecule has 0 aliphatic carbocycles. The van der Waals surface area contributed by atoms with Crippen molar-refractivity contribution in [3.05, 3.63) is 57.6 Å². The van der Waals surface area contributed by atoms with Crippen molar-refractivity contribution < 1.29 is 10.2 Å². The van der Waals surface area contributed by atoms with E-state index in [1.165, 1.54) is 22.3 Å². The second kappa shape index (κ2) is 6.47. The first-order valence-electron chi connectivity index (χ1n) is 6.77. The van der Waals surface area contributed by atoms with Gasteiger partial charge in [-0.1, -0.05) is 12.1 Å². The summed E-state index contributed by atoms with van der Waals surface area (Å²) >= 11 is 0. The smallest absolute Gasteiger partial charge is 0.118 e. The molecule has 0 saturated carbocycles. The Balaban J connectivity index is 0.000000200. The van der Waals surface area contributed by atoms with Gasteiger partial charge in [0, 0.05) is 0 Å². The number of rotatable bonds is 0.